The summed E-state index contributed by atoms with van der Waals surface area (Å²) < 4.78 is 1.99. The third-order valence-corrected chi connectivity index (χ3v) is 2.47. The maximum Gasteiger partial charge on any atom is 0.236 e. The van der Waals surface area contributed by atoms with Gasteiger partial charge in [0.25, 0.3) is 0 Å². The number of hydrogen-bond donors (Lipinski definition) is 1. The molecule has 2 aromatic rings. The minimum absolute atomic E-state index is 0.961. The Morgan fingerprint density at radius 1 is 0.929 bits per heavy atom. The predicted molar refractivity (Wildman–Crippen MR) is 55.9 cm³/mol. The van der Waals surface area contributed by atoms with Crippen LogP contribution >= 0.6 is 11.9 Å². The molecule has 0 unspecified atom stereocenters. The van der Waals surface area contributed by atoms with Crippen molar-refractivity contribution in [2.75, 3.05) is 0 Å². The van der Waals surface area contributed by atoms with Crippen LogP contribution in [0.25, 0.3) is 0 Å². The van der Waals surface area contributed by atoms with E-state index >= 15 is 0 Å². The molecular formula is C10H10N3S+. The summed E-state index contributed by atoms with van der Waals surface area (Å²) in [4.78, 5) is 8.39. The molecule has 0 bridgehead atoms. The highest BCUT2D eigenvalue weighted by atomic mass is 32.2. The predicted octanol–water partition coefficient (Wildman–Crippen LogP) is 1.38. The zero-order valence-corrected chi connectivity index (χ0v) is 8.32. The van der Waals surface area contributed by atoms with E-state index in [0.29, 0.717) is 0 Å². The number of pyridine rings is 2. The molecule has 2 heterocycles. The smallest absolute Gasteiger partial charge is 0.236 e. The third kappa shape index (κ3) is 2.55. The maximum absolute atomic E-state index is 4.20. The quantitative estimate of drug-likeness (QED) is 0.768. The summed E-state index contributed by atoms with van der Waals surface area (Å²) in [6, 6.07) is 11.7. The van der Waals surface area contributed by atoms with Crippen molar-refractivity contribution in [1.82, 2.24) is 9.97 Å². The monoisotopic (exact) mass is 204 g/mol. The molecule has 0 fully saturated rings. The molecule has 3 nitrogen and oxygen atoms in total. The molecule has 2 N–H and O–H groups in total. The molecule has 0 aromatic carbocycles. The Labute approximate surface area is 86.7 Å². The van der Waals surface area contributed by atoms with Gasteiger partial charge >= 0.3 is 0 Å². The number of nitrogens with zero attached hydrogens (tertiary/aromatic N) is 2. The summed E-state index contributed by atoms with van der Waals surface area (Å²) >= 11 is 1.57. The van der Waals surface area contributed by atoms with E-state index in [4.69, 9.17) is 0 Å². The van der Waals surface area contributed by atoms with Gasteiger partial charge in [-0.25, -0.2) is 14.7 Å². The van der Waals surface area contributed by atoms with Gasteiger partial charge in [0, 0.05) is 18.5 Å². The zero-order valence-electron chi connectivity index (χ0n) is 7.50. The third-order valence-electron chi connectivity index (χ3n) is 1.63. The van der Waals surface area contributed by atoms with E-state index in [1.54, 1.807) is 24.3 Å². The lowest BCUT2D eigenvalue weighted by Crippen LogP contribution is -2.68. The van der Waals surface area contributed by atoms with Gasteiger partial charge in [0.1, 0.15) is 11.9 Å². The summed E-state index contributed by atoms with van der Waals surface area (Å²) in [5.74, 6) is 0.961. The van der Waals surface area contributed by atoms with Gasteiger partial charge in [-0.2, -0.15) is 0 Å². The van der Waals surface area contributed by atoms with E-state index in [9.17, 15) is 0 Å². The number of quaternary nitrogens is 1. The Bertz CT molecular complexity index is 338. The Hall–Kier alpha value is -1.39. The van der Waals surface area contributed by atoms with Crippen molar-refractivity contribution in [3.63, 3.8) is 0 Å². The van der Waals surface area contributed by atoms with Crippen LogP contribution in [0.15, 0.2) is 53.8 Å². The molecule has 0 aliphatic rings. The fourth-order valence-electron chi connectivity index (χ4n) is 0.983. The molecule has 0 aliphatic heterocycles. The SMILES string of the molecule is c1ccc([NH2+]Sc2ccccn2)nc1. The molecule has 0 radical (unpaired) electrons. The molecule has 2 rings (SSSR count). The molecule has 2 aromatic heterocycles. The minimum atomic E-state index is 0.961. The van der Waals surface area contributed by atoms with E-state index in [1.807, 2.05) is 41.1 Å². The molecule has 0 spiro atoms. The number of hydrogen-bond acceptors (Lipinski definition) is 3. The van der Waals surface area contributed by atoms with E-state index in [1.165, 1.54) is 0 Å². The molecule has 0 saturated carbocycles. The lowest BCUT2D eigenvalue weighted by molar-refractivity contribution is -0.383. The van der Waals surface area contributed by atoms with Crippen molar-refractivity contribution in [1.29, 1.82) is 0 Å². The van der Waals surface area contributed by atoms with E-state index in [-0.39, 0.29) is 0 Å². The maximum atomic E-state index is 4.20. The van der Waals surface area contributed by atoms with Crippen molar-refractivity contribution in [3.05, 3.63) is 48.8 Å². The first-order chi connectivity index (χ1) is 6.95. The highest BCUT2D eigenvalue weighted by Crippen LogP contribution is 2.05. The highest BCUT2D eigenvalue weighted by Gasteiger charge is 2.00. The van der Waals surface area contributed by atoms with E-state index < -0.39 is 0 Å². The van der Waals surface area contributed by atoms with Gasteiger partial charge in [-0.1, -0.05) is 12.1 Å². The summed E-state index contributed by atoms with van der Waals surface area (Å²) in [7, 11) is 0. The fourth-order valence-corrected chi connectivity index (χ4v) is 1.64. The van der Waals surface area contributed by atoms with Crippen molar-refractivity contribution < 1.29 is 4.72 Å². The standard InChI is InChI=1S/C10H9N3S/c1-3-7-11-9(5-1)13-14-10-6-2-4-8-12-10/h1-8H,(H,11,13)/p+1. The van der Waals surface area contributed by atoms with Gasteiger partial charge in [0.05, 0.1) is 0 Å². The average Bonchev–Trinajstić information content (AvgIpc) is 2.29. The Morgan fingerprint density at radius 2 is 1.71 bits per heavy atom. The normalized spacial score (nSPS) is 10.0. The average molecular weight is 204 g/mol. The molecule has 0 amide bonds. The lowest BCUT2D eigenvalue weighted by atomic mass is 10.5. The molecule has 14 heavy (non-hydrogen) atoms. The first-order valence-electron chi connectivity index (χ1n) is 4.27. The van der Waals surface area contributed by atoms with Gasteiger partial charge in [-0.15, -0.1) is 0 Å². The first kappa shape index (κ1) is 9.18. The molecule has 0 aliphatic carbocycles. The van der Waals surface area contributed by atoms with Crippen molar-refractivity contribution in [3.8, 4) is 0 Å². The van der Waals surface area contributed by atoms with E-state index in [0.717, 1.165) is 10.8 Å². The first-order valence-corrected chi connectivity index (χ1v) is 5.15. The highest BCUT2D eigenvalue weighted by molar-refractivity contribution is 7.92. The van der Waals surface area contributed by atoms with Gasteiger partial charge in [-0.3, -0.25) is 0 Å². The largest absolute Gasteiger partial charge is 0.244 e. The Kier molecular flexibility index (Phi) is 3.10. The van der Waals surface area contributed by atoms with Crippen LogP contribution in [0.2, 0.25) is 0 Å². The van der Waals surface area contributed by atoms with Gasteiger partial charge in [-0.05, 0) is 18.2 Å². The van der Waals surface area contributed by atoms with Crippen LogP contribution in [0.5, 0.6) is 0 Å². The van der Waals surface area contributed by atoms with Crippen molar-refractivity contribution in [2.45, 2.75) is 5.03 Å². The molecule has 70 valence electrons. The Morgan fingerprint density at radius 3 is 2.36 bits per heavy atom. The second kappa shape index (κ2) is 4.74. The van der Waals surface area contributed by atoms with Crippen LogP contribution in [0.3, 0.4) is 0 Å². The van der Waals surface area contributed by atoms with Crippen molar-refractivity contribution >= 4 is 17.8 Å². The van der Waals surface area contributed by atoms with Crippen molar-refractivity contribution in [2.24, 2.45) is 0 Å². The number of nitrogens with two attached hydrogens (primary N) is 1. The van der Waals surface area contributed by atoms with Crippen LogP contribution < -0.4 is 4.72 Å². The second-order valence-corrected chi connectivity index (χ2v) is 3.55. The van der Waals surface area contributed by atoms with Crippen LogP contribution in [0, 0.1) is 0 Å². The molecule has 0 saturated heterocycles. The van der Waals surface area contributed by atoms with E-state index in [2.05, 4.69) is 9.97 Å². The molecular weight excluding hydrogens is 194 g/mol. The summed E-state index contributed by atoms with van der Waals surface area (Å²) in [6.45, 7) is 0. The lowest BCUT2D eigenvalue weighted by Gasteiger charge is -1.95. The Balaban J connectivity index is 1.96. The molecule has 4 heteroatoms. The summed E-state index contributed by atoms with van der Waals surface area (Å²) in [5, 5.41) is 0.984. The van der Waals surface area contributed by atoms with Crippen LogP contribution in [0.4, 0.5) is 5.82 Å². The zero-order chi connectivity index (χ0) is 9.64. The summed E-state index contributed by atoms with van der Waals surface area (Å²) in [6.07, 6.45) is 3.57. The topological polar surface area (TPSA) is 42.4 Å². The van der Waals surface area contributed by atoms with Crippen LogP contribution in [0.1, 0.15) is 0 Å². The van der Waals surface area contributed by atoms with Gasteiger partial charge in [0.2, 0.25) is 5.82 Å². The van der Waals surface area contributed by atoms with Gasteiger partial charge in [0.15, 0.2) is 5.03 Å². The second-order valence-electron chi connectivity index (χ2n) is 2.66. The molecule has 0 atom stereocenters. The van der Waals surface area contributed by atoms with Crippen LogP contribution in [-0.2, 0) is 0 Å². The summed E-state index contributed by atoms with van der Waals surface area (Å²) in [5.41, 5.74) is 0. The van der Waals surface area contributed by atoms with Gasteiger partial charge < -0.3 is 0 Å². The number of rotatable bonds is 3. The number of aromatic nitrogens is 2. The van der Waals surface area contributed by atoms with Crippen LogP contribution in [-0.4, -0.2) is 9.97 Å². The fraction of sp³-hybridized carbons (Fsp3) is 0. The minimum Gasteiger partial charge on any atom is -0.244 e.